The fourth-order valence-electron chi connectivity index (χ4n) is 1.84. The summed E-state index contributed by atoms with van der Waals surface area (Å²) in [6.45, 7) is 0. The Bertz CT molecular complexity index is 703. The zero-order valence-electron chi connectivity index (χ0n) is 10.8. The number of hydrogen-bond acceptors (Lipinski definition) is 2. The summed E-state index contributed by atoms with van der Waals surface area (Å²) in [7, 11) is 0. The van der Waals surface area contributed by atoms with Gasteiger partial charge in [0, 0.05) is 4.47 Å². The molecular formula is C15H11BrFNO3. The van der Waals surface area contributed by atoms with E-state index in [1.807, 2.05) is 0 Å². The molecule has 108 valence electrons. The van der Waals surface area contributed by atoms with Crippen LogP contribution >= 0.6 is 15.9 Å². The number of nitrogens with one attached hydrogen (secondary N) is 1. The van der Waals surface area contributed by atoms with Crippen molar-refractivity contribution in [2.45, 2.75) is 6.42 Å². The van der Waals surface area contributed by atoms with E-state index in [1.54, 1.807) is 18.2 Å². The molecule has 2 N–H and O–H groups in total. The van der Waals surface area contributed by atoms with E-state index in [2.05, 4.69) is 21.2 Å². The molecule has 0 unspecified atom stereocenters. The maximum absolute atomic E-state index is 13.1. The normalized spacial score (nSPS) is 10.2. The lowest BCUT2D eigenvalue weighted by molar-refractivity contribution is -0.115. The van der Waals surface area contributed by atoms with Gasteiger partial charge in [0.2, 0.25) is 5.91 Å². The van der Waals surface area contributed by atoms with Crippen molar-refractivity contribution < 1.29 is 19.1 Å². The molecule has 0 aromatic heterocycles. The SMILES string of the molecule is O=C(Cc1ccccc1C(=O)O)Nc1cc(F)ccc1Br. The molecule has 0 fully saturated rings. The lowest BCUT2D eigenvalue weighted by Gasteiger charge is -2.09. The van der Waals surface area contributed by atoms with E-state index in [1.165, 1.54) is 24.3 Å². The fourth-order valence-corrected chi connectivity index (χ4v) is 2.19. The van der Waals surface area contributed by atoms with Gasteiger partial charge in [-0.05, 0) is 45.8 Å². The second-order valence-electron chi connectivity index (χ2n) is 4.31. The number of amides is 1. The molecule has 4 nitrogen and oxygen atoms in total. The number of rotatable bonds is 4. The van der Waals surface area contributed by atoms with Gasteiger partial charge in [-0.25, -0.2) is 9.18 Å². The van der Waals surface area contributed by atoms with Crippen molar-refractivity contribution in [1.29, 1.82) is 0 Å². The third-order valence-corrected chi connectivity index (χ3v) is 3.49. The average Bonchev–Trinajstić information content (AvgIpc) is 2.43. The highest BCUT2D eigenvalue weighted by molar-refractivity contribution is 9.10. The van der Waals surface area contributed by atoms with Crippen molar-refractivity contribution >= 4 is 33.5 Å². The molecule has 0 bridgehead atoms. The Morgan fingerprint density at radius 1 is 1.19 bits per heavy atom. The lowest BCUT2D eigenvalue weighted by Crippen LogP contribution is -2.16. The van der Waals surface area contributed by atoms with Crippen LogP contribution < -0.4 is 5.32 Å². The highest BCUT2D eigenvalue weighted by atomic mass is 79.9. The fraction of sp³-hybridized carbons (Fsp3) is 0.0667. The number of benzene rings is 2. The zero-order valence-corrected chi connectivity index (χ0v) is 12.4. The van der Waals surface area contributed by atoms with Gasteiger partial charge in [0.25, 0.3) is 0 Å². The maximum Gasteiger partial charge on any atom is 0.335 e. The maximum atomic E-state index is 13.1. The first-order chi connectivity index (χ1) is 9.97. The van der Waals surface area contributed by atoms with Crippen LogP contribution in [-0.4, -0.2) is 17.0 Å². The minimum atomic E-state index is -1.09. The molecule has 0 heterocycles. The highest BCUT2D eigenvalue weighted by Crippen LogP contribution is 2.23. The Morgan fingerprint density at radius 3 is 2.62 bits per heavy atom. The van der Waals surface area contributed by atoms with Crippen LogP contribution in [0.2, 0.25) is 0 Å². The molecule has 0 aliphatic rings. The van der Waals surface area contributed by atoms with Gasteiger partial charge in [0.15, 0.2) is 0 Å². The minimum absolute atomic E-state index is 0.0750. The summed E-state index contributed by atoms with van der Waals surface area (Å²) < 4.78 is 13.7. The molecular weight excluding hydrogens is 341 g/mol. The van der Waals surface area contributed by atoms with Crippen LogP contribution in [-0.2, 0) is 11.2 Å². The molecule has 0 radical (unpaired) electrons. The van der Waals surface area contributed by atoms with E-state index >= 15 is 0 Å². The topological polar surface area (TPSA) is 66.4 Å². The first-order valence-corrected chi connectivity index (χ1v) is 6.83. The van der Waals surface area contributed by atoms with E-state index in [9.17, 15) is 14.0 Å². The van der Waals surface area contributed by atoms with E-state index in [0.29, 0.717) is 15.7 Å². The molecule has 0 saturated carbocycles. The lowest BCUT2D eigenvalue weighted by atomic mass is 10.0. The predicted molar refractivity (Wildman–Crippen MR) is 79.8 cm³/mol. The predicted octanol–water partition coefficient (Wildman–Crippen LogP) is 3.47. The van der Waals surface area contributed by atoms with Gasteiger partial charge in [-0.1, -0.05) is 18.2 Å². The van der Waals surface area contributed by atoms with Gasteiger partial charge < -0.3 is 10.4 Å². The standard InChI is InChI=1S/C15H11BrFNO3/c16-12-6-5-10(17)8-13(12)18-14(19)7-9-3-1-2-4-11(9)15(20)21/h1-6,8H,7H2,(H,18,19)(H,20,21). The van der Waals surface area contributed by atoms with Crippen molar-refractivity contribution in [2.75, 3.05) is 5.32 Å². The minimum Gasteiger partial charge on any atom is -0.478 e. The van der Waals surface area contributed by atoms with E-state index in [0.717, 1.165) is 0 Å². The summed E-state index contributed by atoms with van der Waals surface area (Å²) in [6.07, 6.45) is -0.106. The number of carbonyl (C=O) groups is 2. The third kappa shape index (κ3) is 3.88. The first kappa shape index (κ1) is 15.2. The average molecular weight is 352 g/mol. The Balaban J connectivity index is 2.16. The Kier molecular flexibility index (Phi) is 4.70. The molecule has 0 aliphatic heterocycles. The van der Waals surface area contributed by atoms with Crippen molar-refractivity contribution in [3.63, 3.8) is 0 Å². The van der Waals surface area contributed by atoms with Crippen LogP contribution in [0.1, 0.15) is 15.9 Å². The van der Waals surface area contributed by atoms with Crippen LogP contribution in [0.4, 0.5) is 10.1 Å². The van der Waals surface area contributed by atoms with E-state index in [-0.39, 0.29) is 12.0 Å². The molecule has 0 aliphatic carbocycles. The number of carbonyl (C=O) groups excluding carboxylic acids is 1. The number of carboxylic acids is 1. The molecule has 2 aromatic rings. The Hall–Kier alpha value is -2.21. The van der Waals surface area contributed by atoms with Gasteiger partial charge in [-0.2, -0.15) is 0 Å². The van der Waals surface area contributed by atoms with Crippen molar-refractivity contribution in [3.8, 4) is 0 Å². The van der Waals surface area contributed by atoms with Crippen molar-refractivity contribution in [3.05, 3.63) is 63.9 Å². The molecule has 2 rings (SSSR count). The molecule has 2 aromatic carbocycles. The third-order valence-electron chi connectivity index (χ3n) is 2.80. The van der Waals surface area contributed by atoms with E-state index in [4.69, 9.17) is 5.11 Å². The first-order valence-electron chi connectivity index (χ1n) is 6.03. The number of halogens is 2. The summed E-state index contributed by atoms with van der Waals surface area (Å²) in [5.41, 5.74) is 0.772. The van der Waals surface area contributed by atoms with Gasteiger partial charge in [-0.15, -0.1) is 0 Å². The molecule has 1 amide bonds. The smallest absolute Gasteiger partial charge is 0.335 e. The monoisotopic (exact) mass is 351 g/mol. The van der Waals surface area contributed by atoms with Gasteiger partial charge in [0.1, 0.15) is 5.82 Å². The molecule has 6 heteroatoms. The van der Waals surface area contributed by atoms with E-state index < -0.39 is 17.7 Å². The summed E-state index contributed by atoms with van der Waals surface area (Å²) in [6, 6.07) is 10.2. The Morgan fingerprint density at radius 2 is 1.90 bits per heavy atom. The summed E-state index contributed by atoms with van der Waals surface area (Å²) in [5, 5.41) is 11.6. The molecule has 21 heavy (non-hydrogen) atoms. The molecule has 0 spiro atoms. The van der Waals surface area contributed by atoms with Crippen LogP contribution in [0.3, 0.4) is 0 Å². The number of hydrogen-bond donors (Lipinski definition) is 2. The summed E-state index contributed by atoms with van der Waals surface area (Å²) >= 11 is 3.21. The quantitative estimate of drug-likeness (QED) is 0.886. The summed E-state index contributed by atoms with van der Waals surface area (Å²) in [4.78, 5) is 23.0. The molecule has 0 atom stereocenters. The van der Waals surface area contributed by atoms with Crippen LogP contribution in [0, 0.1) is 5.82 Å². The van der Waals surface area contributed by atoms with Crippen molar-refractivity contribution in [1.82, 2.24) is 0 Å². The second-order valence-corrected chi connectivity index (χ2v) is 5.17. The largest absolute Gasteiger partial charge is 0.478 e. The van der Waals surface area contributed by atoms with Crippen LogP contribution in [0.25, 0.3) is 0 Å². The second kappa shape index (κ2) is 6.49. The van der Waals surface area contributed by atoms with Crippen LogP contribution in [0.5, 0.6) is 0 Å². The van der Waals surface area contributed by atoms with Crippen molar-refractivity contribution in [2.24, 2.45) is 0 Å². The van der Waals surface area contributed by atoms with Gasteiger partial charge in [0.05, 0.1) is 17.7 Å². The highest BCUT2D eigenvalue weighted by Gasteiger charge is 2.13. The zero-order chi connectivity index (χ0) is 15.4. The number of carboxylic acid groups (broad SMARTS) is 1. The number of anilines is 1. The molecule has 0 saturated heterocycles. The van der Waals surface area contributed by atoms with Crippen LogP contribution in [0.15, 0.2) is 46.9 Å². The van der Waals surface area contributed by atoms with Gasteiger partial charge >= 0.3 is 5.97 Å². The summed E-state index contributed by atoms with van der Waals surface area (Å²) in [5.74, 6) is -1.99. The number of aromatic carboxylic acids is 1. The Labute approximate surface area is 128 Å². The van der Waals surface area contributed by atoms with Gasteiger partial charge in [-0.3, -0.25) is 4.79 Å².